The Morgan fingerprint density at radius 3 is 2.48 bits per heavy atom. The fourth-order valence-electron chi connectivity index (χ4n) is 3.26. The molecular weight excluding hydrogens is 342 g/mol. The molecule has 2 amide bonds. The molecule has 1 aromatic heterocycles. The van der Waals surface area contributed by atoms with Crippen LogP contribution in [-0.4, -0.2) is 47.6 Å². The number of nitrogens with zero attached hydrogens (tertiary/aromatic N) is 2. The van der Waals surface area contributed by atoms with Gasteiger partial charge in [0.05, 0.1) is 23.6 Å². The van der Waals surface area contributed by atoms with Gasteiger partial charge < -0.3 is 15.0 Å². The maximum Gasteiger partial charge on any atom is 0.409 e. The Morgan fingerprint density at radius 1 is 1.15 bits per heavy atom. The lowest BCUT2D eigenvalue weighted by molar-refractivity contribution is 0.0859. The highest BCUT2D eigenvalue weighted by molar-refractivity contribution is 5.95. The van der Waals surface area contributed by atoms with Crippen LogP contribution in [0.25, 0.3) is 11.3 Å². The maximum absolute atomic E-state index is 12.6. The number of amides is 2. The summed E-state index contributed by atoms with van der Waals surface area (Å²) in [5.74, 6) is -0.116. The third kappa shape index (κ3) is 4.64. The van der Waals surface area contributed by atoms with E-state index in [2.05, 4.69) is 10.3 Å². The molecule has 1 fully saturated rings. The van der Waals surface area contributed by atoms with Crippen molar-refractivity contribution < 1.29 is 14.3 Å². The molecule has 0 spiro atoms. The summed E-state index contributed by atoms with van der Waals surface area (Å²) in [6.07, 6.45) is 1.16. The van der Waals surface area contributed by atoms with Crippen molar-refractivity contribution in [2.24, 2.45) is 0 Å². The van der Waals surface area contributed by atoms with Crippen LogP contribution in [-0.2, 0) is 4.74 Å². The van der Waals surface area contributed by atoms with Gasteiger partial charge in [0.15, 0.2) is 0 Å². The zero-order chi connectivity index (χ0) is 19.2. The predicted molar refractivity (Wildman–Crippen MR) is 103 cm³/mol. The van der Waals surface area contributed by atoms with Crippen LogP contribution in [0.5, 0.6) is 0 Å². The standard InChI is InChI=1S/C21H25N3O3/c1-3-27-21(26)24-13-11-17(12-14-24)23-20(25)18-9-10-19(22-15(18)2)16-7-5-4-6-8-16/h4-10,17H,3,11-14H2,1-2H3,(H,23,25). The molecule has 1 N–H and O–H groups in total. The number of ether oxygens (including phenoxy) is 1. The molecule has 6 heteroatoms. The van der Waals surface area contributed by atoms with E-state index in [1.165, 1.54) is 0 Å². The van der Waals surface area contributed by atoms with Crippen LogP contribution < -0.4 is 5.32 Å². The number of carbonyl (C=O) groups excluding carboxylic acids is 2. The van der Waals surface area contributed by atoms with Gasteiger partial charge in [0.1, 0.15) is 0 Å². The first-order valence-corrected chi connectivity index (χ1v) is 9.34. The summed E-state index contributed by atoms with van der Waals surface area (Å²) in [6.45, 7) is 5.21. The molecule has 2 aromatic rings. The number of benzene rings is 1. The Morgan fingerprint density at radius 2 is 1.85 bits per heavy atom. The molecular formula is C21H25N3O3. The van der Waals surface area contributed by atoms with Gasteiger partial charge in [-0.1, -0.05) is 30.3 Å². The average Bonchev–Trinajstić information content (AvgIpc) is 2.69. The fourth-order valence-corrected chi connectivity index (χ4v) is 3.26. The van der Waals surface area contributed by atoms with Gasteiger partial charge >= 0.3 is 6.09 Å². The van der Waals surface area contributed by atoms with Crippen LogP contribution in [0, 0.1) is 6.92 Å². The number of rotatable bonds is 4. The Kier molecular flexibility index (Phi) is 6.06. The predicted octanol–water partition coefficient (Wildman–Crippen LogP) is 3.41. The number of aromatic nitrogens is 1. The summed E-state index contributed by atoms with van der Waals surface area (Å²) in [7, 11) is 0. The van der Waals surface area contributed by atoms with Gasteiger partial charge in [0.25, 0.3) is 5.91 Å². The van der Waals surface area contributed by atoms with Crippen molar-refractivity contribution in [3.63, 3.8) is 0 Å². The first kappa shape index (κ1) is 18.9. The van der Waals surface area contributed by atoms with Crippen LogP contribution in [0.3, 0.4) is 0 Å². The highest BCUT2D eigenvalue weighted by Gasteiger charge is 2.25. The van der Waals surface area contributed by atoms with Crippen LogP contribution in [0.2, 0.25) is 0 Å². The van der Waals surface area contributed by atoms with Gasteiger partial charge in [0.2, 0.25) is 0 Å². The minimum absolute atomic E-state index is 0.0522. The number of likely N-dealkylation sites (tertiary alicyclic amines) is 1. The number of hydrogen-bond donors (Lipinski definition) is 1. The van der Waals surface area contributed by atoms with E-state index in [1.807, 2.05) is 49.4 Å². The van der Waals surface area contributed by atoms with Crippen LogP contribution in [0.1, 0.15) is 35.8 Å². The molecule has 0 bridgehead atoms. The van der Waals surface area contributed by atoms with Gasteiger partial charge in [-0.05, 0) is 38.8 Å². The molecule has 1 aliphatic rings. The van der Waals surface area contributed by atoms with Crippen molar-refractivity contribution in [2.45, 2.75) is 32.7 Å². The van der Waals surface area contributed by atoms with Crippen molar-refractivity contribution in [3.05, 3.63) is 53.7 Å². The topological polar surface area (TPSA) is 71.5 Å². The zero-order valence-electron chi connectivity index (χ0n) is 15.8. The van der Waals surface area contributed by atoms with Gasteiger partial charge in [-0.15, -0.1) is 0 Å². The normalized spacial score (nSPS) is 14.7. The highest BCUT2D eigenvalue weighted by Crippen LogP contribution is 2.19. The second-order valence-corrected chi connectivity index (χ2v) is 6.63. The van der Waals surface area contributed by atoms with E-state index in [4.69, 9.17) is 4.74 Å². The molecule has 1 aromatic carbocycles. The lowest BCUT2D eigenvalue weighted by atomic mass is 10.0. The van der Waals surface area contributed by atoms with Crippen molar-refractivity contribution in [2.75, 3.05) is 19.7 Å². The van der Waals surface area contributed by atoms with Crippen molar-refractivity contribution in [3.8, 4) is 11.3 Å². The molecule has 3 rings (SSSR count). The van der Waals surface area contributed by atoms with Gasteiger partial charge in [0, 0.05) is 24.7 Å². The monoisotopic (exact) mass is 367 g/mol. The van der Waals surface area contributed by atoms with Gasteiger partial charge in [-0.2, -0.15) is 0 Å². The summed E-state index contributed by atoms with van der Waals surface area (Å²) in [5, 5.41) is 3.07. The SMILES string of the molecule is CCOC(=O)N1CCC(NC(=O)c2ccc(-c3ccccc3)nc2C)CC1. The lowest BCUT2D eigenvalue weighted by Crippen LogP contribution is -2.46. The minimum atomic E-state index is -0.279. The Bertz CT molecular complexity index is 800. The van der Waals surface area contributed by atoms with Gasteiger partial charge in [-0.25, -0.2) is 4.79 Å². The van der Waals surface area contributed by atoms with Crippen molar-refractivity contribution in [1.29, 1.82) is 0 Å². The molecule has 0 aliphatic carbocycles. The highest BCUT2D eigenvalue weighted by atomic mass is 16.6. The Balaban J connectivity index is 1.60. The molecule has 0 unspecified atom stereocenters. The lowest BCUT2D eigenvalue weighted by Gasteiger charge is -2.31. The second kappa shape index (κ2) is 8.66. The molecule has 27 heavy (non-hydrogen) atoms. The van der Waals surface area contributed by atoms with E-state index in [-0.39, 0.29) is 18.0 Å². The van der Waals surface area contributed by atoms with E-state index < -0.39 is 0 Å². The van der Waals surface area contributed by atoms with Crippen molar-refractivity contribution >= 4 is 12.0 Å². The van der Waals surface area contributed by atoms with Gasteiger partial charge in [-0.3, -0.25) is 9.78 Å². The average molecular weight is 367 g/mol. The van der Waals surface area contributed by atoms with Crippen LogP contribution >= 0.6 is 0 Å². The number of pyridine rings is 1. The number of aryl methyl sites for hydroxylation is 1. The molecule has 1 saturated heterocycles. The summed E-state index contributed by atoms with van der Waals surface area (Å²) in [6, 6.07) is 13.7. The van der Waals surface area contributed by atoms with E-state index in [0.717, 1.165) is 24.1 Å². The van der Waals surface area contributed by atoms with E-state index in [9.17, 15) is 9.59 Å². The molecule has 0 saturated carbocycles. The summed E-state index contributed by atoms with van der Waals surface area (Å²) >= 11 is 0. The Labute approximate surface area is 159 Å². The number of hydrogen-bond acceptors (Lipinski definition) is 4. The smallest absolute Gasteiger partial charge is 0.409 e. The third-order valence-corrected chi connectivity index (χ3v) is 4.76. The summed E-state index contributed by atoms with van der Waals surface area (Å²) < 4.78 is 5.02. The molecule has 142 valence electrons. The van der Waals surface area contributed by atoms with E-state index in [1.54, 1.807) is 11.8 Å². The fraction of sp³-hybridized carbons (Fsp3) is 0.381. The van der Waals surface area contributed by atoms with E-state index >= 15 is 0 Å². The largest absolute Gasteiger partial charge is 0.450 e. The third-order valence-electron chi connectivity index (χ3n) is 4.76. The van der Waals surface area contributed by atoms with Crippen LogP contribution in [0.15, 0.2) is 42.5 Å². The molecule has 1 aliphatic heterocycles. The Hall–Kier alpha value is -2.89. The molecule has 0 atom stereocenters. The second-order valence-electron chi connectivity index (χ2n) is 6.63. The number of piperidine rings is 1. The number of carbonyl (C=O) groups is 2. The first-order valence-electron chi connectivity index (χ1n) is 9.34. The minimum Gasteiger partial charge on any atom is -0.450 e. The first-order chi connectivity index (χ1) is 13.1. The zero-order valence-corrected chi connectivity index (χ0v) is 15.8. The molecule has 2 heterocycles. The van der Waals surface area contributed by atoms with E-state index in [0.29, 0.717) is 31.0 Å². The van der Waals surface area contributed by atoms with Crippen LogP contribution in [0.4, 0.5) is 4.79 Å². The maximum atomic E-state index is 12.6. The van der Waals surface area contributed by atoms with Crippen molar-refractivity contribution in [1.82, 2.24) is 15.2 Å². The number of nitrogens with one attached hydrogen (secondary N) is 1. The molecule has 6 nitrogen and oxygen atoms in total. The summed E-state index contributed by atoms with van der Waals surface area (Å²) in [4.78, 5) is 30.7. The summed E-state index contributed by atoms with van der Waals surface area (Å²) in [5.41, 5.74) is 3.17. The quantitative estimate of drug-likeness (QED) is 0.899. The molecule has 0 radical (unpaired) electrons.